The first-order valence-electron chi connectivity index (χ1n) is 6.28. The maximum atomic E-state index is 12.2. The van der Waals surface area contributed by atoms with Crippen molar-refractivity contribution >= 4 is 27.8 Å². The third kappa shape index (κ3) is 5.12. The highest BCUT2D eigenvalue weighted by atomic mass is 79.9. The Morgan fingerprint density at radius 2 is 2.14 bits per heavy atom. The van der Waals surface area contributed by atoms with Crippen LogP contribution in [0.25, 0.3) is 0 Å². The van der Waals surface area contributed by atoms with Crippen LogP contribution in [0.15, 0.2) is 22.7 Å². The number of carboxylic acid groups (broad SMARTS) is 1. The maximum Gasteiger partial charge on any atom is 0.327 e. The highest BCUT2D eigenvalue weighted by Crippen LogP contribution is 2.25. The summed E-state index contributed by atoms with van der Waals surface area (Å²) in [4.78, 5) is 23.2. The van der Waals surface area contributed by atoms with E-state index in [0.29, 0.717) is 5.75 Å². The Balaban J connectivity index is 3.01. The van der Waals surface area contributed by atoms with Crippen LogP contribution in [0.5, 0.6) is 5.75 Å². The molecule has 0 saturated heterocycles. The molecule has 1 aromatic rings. The Morgan fingerprint density at radius 3 is 2.67 bits per heavy atom. The van der Waals surface area contributed by atoms with Gasteiger partial charge in [0.2, 0.25) is 0 Å². The molecule has 21 heavy (non-hydrogen) atoms. The minimum atomic E-state index is -1.18. The molecule has 0 bridgehead atoms. The molecule has 6 heteroatoms. The van der Waals surface area contributed by atoms with Crippen molar-refractivity contribution in [3.8, 4) is 18.1 Å². The van der Waals surface area contributed by atoms with Gasteiger partial charge in [-0.3, -0.25) is 4.79 Å². The van der Waals surface area contributed by atoms with Gasteiger partial charge in [0.1, 0.15) is 11.8 Å². The summed E-state index contributed by atoms with van der Waals surface area (Å²) in [6.45, 7) is 3.67. The standard InChI is InChI=1S/C15H16BrNO4/c1-4-5-12(15(19)20)17-14(18)11-7-6-10(16)8-13(11)21-9(2)3/h1,6-9,12H,5H2,2-3H3,(H,17,18)(H,19,20). The number of aliphatic carboxylic acids is 1. The lowest BCUT2D eigenvalue weighted by Crippen LogP contribution is -2.40. The van der Waals surface area contributed by atoms with E-state index in [2.05, 4.69) is 27.2 Å². The van der Waals surface area contributed by atoms with Crippen LogP contribution in [-0.2, 0) is 4.79 Å². The molecule has 0 aliphatic heterocycles. The number of carbonyl (C=O) groups excluding carboxylic acids is 1. The van der Waals surface area contributed by atoms with Crippen LogP contribution in [0.2, 0.25) is 0 Å². The molecule has 112 valence electrons. The van der Waals surface area contributed by atoms with Crippen LogP contribution >= 0.6 is 15.9 Å². The molecule has 0 aliphatic carbocycles. The van der Waals surface area contributed by atoms with Crippen LogP contribution in [0, 0.1) is 12.3 Å². The van der Waals surface area contributed by atoms with Gasteiger partial charge in [0, 0.05) is 10.9 Å². The number of amides is 1. The topological polar surface area (TPSA) is 75.6 Å². The van der Waals surface area contributed by atoms with Crippen molar-refractivity contribution in [2.24, 2.45) is 0 Å². The molecule has 0 spiro atoms. The third-order valence-corrected chi connectivity index (χ3v) is 2.97. The highest BCUT2D eigenvalue weighted by Gasteiger charge is 2.22. The second-order valence-electron chi connectivity index (χ2n) is 4.58. The summed E-state index contributed by atoms with van der Waals surface area (Å²) in [6.07, 6.45) is 4.90. The van der Waals surface area contributed by atoms with Gasteiger partial charge >= 0.3 is 5.97 Å². The molecule has 0 radical (unpaired) electrons. The van der Waals surface area contributed by atoms with Gasteiger partial charge in [-0.15, -0.1) is 12.3 Å². The molecule has 1 unspecified atom stereocenters. The van der Waals surface area contributed by atoms with Gasteiger partial charge in [-0.2, -0.15) is 0 Å². The van der Waals surface area contributed by atoms with Gasteiger partial charge < -0.3 is 15.2 Å². The van der Waals surface area contributed by atoms with Crippen molar-refractivity contribution in [3.05, 3.63) is 28.2 Å². The summed E-state index contributed by atoms with van der Waals surface area (Å²) in [5.74, 6) is 0.887. The minimum absolute atomic E-state index is 0.0853. The van der Waals surface area contributed by atoms with E-state index in [0.717, 1.165) is 4.47 Å². The Morgan fingerprint density at radius 1 is 1.48 bits per heavy atom. The van der Waals surface area contributed by atoms with Crippen molar-refractivity contribution in [3.63, 3.8) is 0 Å². The van der Waals surface area contributed by atoms with E-state index in [4.69, 9.17) is 16.3 Å². The van der Waals surface area contributed by atoms with Gasteiger partial charge in [0.25, 0.3) is 5.91 Å². The van der Waals surface area contributed by atoms with Crippen molar-refractivity contribution in [1.82, 2.24) is 5.32 Å². The molecule has 1 aromatic carbocycles. The lowest BCUT2D eigenvalue weighted by molar-refractivity contribution is -0.139. The maximum absolute atomic E-state index is 12.2. The Hall–Kier alpha value is -2.00. The van der Waals surface area contributed by atoms with Crippen LogP contribution in [-0.4, -0.2) is 29.1 Å². The summed E-state index contributed by atoms with van der Waals surface area (Å²) < 4.78 is 6.33. The summed E-state index contributed by atoms with van der Waals surface area (Å²) in [5.41, 5.74) is 0.259. The highest BCUT2D eigenvalue weighted by molar-refractivity contribution is 9.10. The zero-order valence-corrected chi connectivity index (χ0v) is 13.3. The first-order valence-corrected chi connectivity index (χ1v) is 7.07. The SMILES string of the molecule is C#CCC(NC(=O)c1ccc(Br)cc1OC(C)C)C(=O)O. The zero-order valence-electron chi connectivity index (χ0n) is 11.7. The fraction of sp³-hybridized carbons (Fsp3) is 0.333. The molecule has 1 amide bonds. The minimum Gasteiger partial charge on any atom is -0.490 e. The zero-order chi connectivity index (χ0) is 16.0. The Bertz CT molecular complexity index is 578. The molecular formula is C15H16BrNO4. The van der Waals surface area contributed by atoms with E-state index in [1.807, 2.05) is 13.8 Å². The fourth-order valence-corrected chi connectivity index (χ4v) is 1.93. The number of ether oxygens (including phenoxy) is 1. The molecule has 0 saturated carbocycles. The third-order valence-electron chi connectivity index (χ3n) is 2.48. The number of halogens is 1. The van der Waals surface area contributed by atoms with Crippen molar-refractivity contribution < 1.29 is 19.4 Å². The number of carbonyl (C=O) groups is 2. The predicted octanol–water partition coefficient (Wildman–Crippen LogP) is 2.44. The number of terminal acetylenes is 1. The van der Waals surface area contributed by atoms with Crippen LogP contribution in [0.3, 0.4) is 0 Å². The van der Waals surface area contributed by atoms with Crippen molar-refractivity contribution in [2.45, 2.75) is 32.4 Å². The molecule has 0 aromatic heterocycles. The molecule has 0 heterocycles. The van der Waals surface area contributed by atoms with E-state index in [1.165, 1.54) is 0 Å². The lowest BCUT2D eigenvalue weighted by atomic mass is 10.1. The molecule has 1 atom stereocenters. The van der Waals surface area contributed by atoms with E-state index >= 15 is 0 Å². The van der Waals surface area contributed by atoms with Crippen molar-refractivity contribution in [1.29, 1.82) is 0 Å². The van der Waals surface area contributed by atoms with Crippen LogP contribution in [0.1, 0.15) is 30.6 Å². The second kappa shape index (κ2) is 7.70. The molecule has 0 fully saturated rings. The average Bonchev–Trinajstić information content (AvgIpc) is 2.37. The van der Waals surface area contributed by atoms with E-state index in [1.54, 1.807) is 18.2 Å². The van der Waals surface area contributed by atoms with Crippen LogP contribution in [0.4, 0.5) is 0 Å². The van der Waals surface area contributed by atoms with Crippen molar-refractivity contribution in [2.75, 3.05) is 0 Å². The van der Waals surface area contributed by atoms with Gasteiger partial charge in [-0.25, -0.2) is 4.79 Å². The number of carboxylic acids is 1. The number of rotatable bonds is 6. The summed E-state index contributed by atoms with van der Waals surface area (Å²) in [7, 11) is 0. The number of benzene rings is 1. The molecule has 1 rings (SSSR count). The smallest absolute Gasteiger partial charge is 0.327 e. The summed E-state index contributed by atoms with van der Waals surface area (Å²) >= 11 is 3.30. The van der Waals surface area contributed by atoms with Gasteiger partial charge in [0.15, 0.2) is 0 Å². The normalized spacial score (nSPS) is 11.6. The molecule has 0 aliphatic rings. The van der Waals surface area contributed by atoms with E-state index in [9.17, 15) is 9.59 Å². The van der Waals surface area contributed by atoms with Gasteiger partial charge in [-0.1, -0.05) is 15.9 Å². The first-order chi connectivity index (χ1) is 9.85. The predicted molar refractivity (Wildman–Crippen MR) is 82.2 cm³/mol. The second-order valence-corrected chi connectivity index (χ2v) is 5.50. The molecule has 5 nitrogen and oxygen atoms in total. The molecule has 2 N–H and O–H groups in total. The van der Waals surface area contributed by atoms with Crippen LogP contribution < -0.4 is 10.1 Å². The monoisotopic (exact) mass is 353 g/mol. The average molecular weight is 354 g/mol. The van der Waals surface area contributed by atoms with E-state index in [-0.39, 0.29) is 18.1 Å². The fourth-order valence-electron chi connectivity index (χ4n) is 1.59. The Kier molecular flexibility index (Phi) is 6.25. The first kappa shape index (κ1) is 17.1. The summed E-state index contributed by atoms with van der Waals surface area (Å²) in [5, 5.41) is 11.4. The Labute approximate surface area is 131 Å². The number of hydrogen-bond acceptors (Lipinski definition) is 3. The number of nitrogens with one attached hydrogen (secondary N) is 1. The molecular weight excluding hydrogens is 338 g/mol. The largest absolute Gasteiger partial charge is 0.490 e. The van der Waals surface area contributed by atoms with E-state index < -0.39 is 17.9 Å². The van der Waals surface area contributed by atoms with Gasteiger partial charge in [-0.05, 0) is 32.0 Å². The quantitative estimate of drug-likeness (QED) is 0.770. The lowest BCUT2D eigenvalue weighted by Gasteiger charge is -2.16. The van der Waals surface area contributed by atoms with Gasteiger partial charge in [0.05, 0.1) is 11.7 Å². The number of hydrogen-bond donors (Lipinski definition) is 2. The summed E-state index contributed by atoms with van der Waals surface area (Å²) in [6, 6.07) is 3.77.